The molecule has 0 saturated heterocycles. The molecule has 0 aliphatic carbocycles. The monoisotopic (exact) mass is 356 g/mol. The number of fused-ring (bicyclic) bond motifs is 2. The third-order valence-corrected chi connectivity index (χ3v) is 4.67. The predicted octanol–water partition coefficient (Wildman–Crippen LogP) is 3.43. The van der Waals surface area contributed by atoms with Crippen molar-refractivity contribution in [1.29, 1.82) is 0 Å². The number of amides is 1. The number of H-pyrrole nitrogens is 1. The third-order valence-electron chi connectivity index (χ3n) is 4.18. The van der Waals surface area contributed by atoms with Crippen LogP contribution in [0.2, 0.25) is 0 Å². The second-order valence-corrected chi connectivity index (χ2v) is 6.52. The predicted molar refractivity (Wildman–Crippen MR) is 88.8 cm³/mol. The Morgan fingerprint density at radius 2 is 1.95 bits per heavy atom. The minimum Gasteiger partial charge on any atom is -0.372 e. The van der Waals surface area contributed by atoms with E-state index in [-0.39, 0.29) is 0 Å². The van der Waals surface area contributed by atoms with Crippen LogP contribution in [0.3, 0.4) is 0 Å². The van der Waals surface area contributed by atoms with Crippen molar-refractivity contribution in [2.75, 3.05) is 5.32 Å². The fourth-order valence-corrected chi connectivity index (χ4v) is 3.43. The van der Waals surface area contributed by atoms with E-state index in [2.05, 4.69) is 26.2 Å². The molecule has 1 atom stereocenters. The summed E-state index contributed by atoms with van der Waals surface area (Å²) in [6, 6.07) is 11.3. The number of carbonyl (C=O) groups is 1. The first-order valence-electron chi connectivity index (χ1n) is 6.92. The van der Waals surface area contributed by atoms with Crippen molar-refractivity contribution in [1.82, 2.24) is 4.98 Å². The maximum absolute atomic E-state index is 12.5. The van der Waals surface area contributed by atoms with Crippen molar-refractivity contribution >= 4 is 38.4 Å². The first-order valence-corrected chi connectivity index (χ1v) is 7.71. The highest BCUT2D eigenvalue weighted by Gasteiger charge is 2.48. The maximum Gasteiger partial charge on any atom is 0.265 e. The molecule has 1 aromatic heterocycles. The Labute approximate surface area is 135 Å². The van der Waals surface area contributed by atoms with Gasteiger partial charge >= 0.3 is 0 Å². The molecule has 1 unspecified atom stereocenters. The Hall–Kier alpha value is -2.11. The van der Waals surface area contributed by atoms with Gasteiger partial charge in [0.05, 0.1) is 0 Å². The van der Waals surface area contributed by atoms with E-state index in [9.17, 15) is 9.90 Å². The lowest BCUT2D eigenvalue weighted by Gasteiger charge is -2.20. The summed E-state index contributed by atoms with van der Waals surface area (Å²) in [7, 11) is 0. The number of aliphatic hydroxyl groups is 1. The smallest absolute Gasteiger partial charge is 0.265 e. The normalized spacial score (nSPS) is 20.2. The van der Waals surface area contributed by atoms with E-state index in [4.69, 9.17) is 0 Å². The lowest BCUT2D eigenvalue weighted by atomic mass is 9.87. The molecule has 2 heterocycles. The number of hydrogen-bond donors (Lipinski definition) is 3. The Bertz CT molecular complexity index is 932. The average Bonchev–Trinajstić information content (AvgIpc) is 2.99. The number of benzene rings is 2. The third kappa shape index (κ3) is 1.69. The second kappa shape index (κ2) is 4.44. The molecule has 0 fully saturated rings. The van der Waals surface area contributed by atoms with Crippen LogP contribution in [-0.4, -0.2) is 16.0 Å². The summed E-state index contributed by atoms with van der Waals surface area (Å²) < 4.78 is 0.895. The Kier molecular flexibility index (Phi) is 2.74. The summed E-state index contributed by atoms with van der Waals surface area (Å²) in [5.74, 6) is -0.422. The summed E-state index contributed by atoms with van der Waals surface area (Å²) in [4.78, 5) is 15.6. The van der Waals surface area contributed by atoms with E-state index in [1.54, 1.807) is 12.3 Å². The summed E-state index contributed by atoms with van der Waals surface area (Å²) in [5.41, 5.74) is 2.04. The minimum absolute atomic E-state index is 0.422. The molecule has 1 amide bonds. The molecular weight excluding hydrogens is 344 g/mol. The van der Waals surface area contributed by atoms with Crippen LogP contribution in [0, 0.1) is 6.92 Å². The van der Waals surface area contributed by atoms with Gasteiger partial charge in [-0.25, -0.2) is 0 Å². The average molecular weight is 357 g/mol. The van der Waals surface area contributed by atoms with Gasteiger partial charge in [0.1, 0.15) is 0 Å². The number of anilines is 1. The molecule has 4 rings (SSSR count). The van der Waals surface area contributed by atoms with Crippen molar-refractivity contribution in [3.8, 4) is 0 Å². The van der Waals surface area contributed by atoms with Crippen LogP contribution in [-0.2, 0) is 10.4 Å². The number of rotatable bonds is 1. The molecule has 1 aliphatic heterocycles. The fourth-order valence-electron chi connectivity index (χ4n) is 3.07. The summed E-state index contributed by atoms with van der Waals surface area (Å²) in [6.07, 6.45) is 1.70. The zero-order chi connectivity index (χ0) is 15.5. The molecule has 1 aliphatic rings. The number of carbonyl (C=O) groups excluding carboxylic acids is 1. The molecule has 3 N–H and O–H groups in total. The first-order chi connectivity index (χ1) is 10.5. The molecule has 0 bridgehead atoms. The molecule has 22 heavy (non-hydrogen) atoms. The molecule has 2 aromatic carbocycles. The minimum atomic E-state index is -1.68. The van der Waals surface area contributed by atoms with Crippen LogP contribution in [0.5, 0.6) is 0 Å². The van der Waals surface area contributed by atoms with E-state index in [1.165, 1.54) is 0 Å². The number of halogens is 1. The molecule has 0 saturated carbocycles. The first kappa shape index (κ1) is 13.5. The van der Waals surface area contributed by atoms with Gasteiger partial charge in [0, 0.05) is 38.4 Å². The fraction of sp³-hybridized carbons (Fsp3) is 0.118. The Balaban J connectivity index is 2.01. The number of aromatic amines is 1. The van der Waals surface area contributed by atoms with Crippen LogP contribution in [0.25, 0.3) is 10.9 Å². The molecule has 0 spiro atoms. The van der Waals surface area contributed by atoms with Crippen molar-refractivity contribution in [3.63, 3.8) is 0 Å². The maximum atomic E-state index is 12.5. The number of aryl methyl sites for hydroxylation is 1. The van der Waals surface area contributed by atoms with Gasteiger partial charge in [0.15, 0.2) is 5.60 Å². The van der Waals surface area contributed by atoms with Gasteiger partial charge in [-0.05, 0) is 36.8 Å². The largest absolute Gasteiger partial charge is 0.372 e. The molecule has 3 aromatic rings. The SMILES string of the molecule is Cc1ccc2c(c1)NC(=O)C2(O)c1c[nH]c2ccc(Br)cc12. The van der Waals surface area contributed by atoms with E-state index >= 15 is 0 Å². The van der Waals surface area contributed by atoms with Gasteiger partial charge < -0.3 is 15.4 Å². The number of hydrogen-bond acceptors (Lipinski definition) is 2. The number of aromatic nitrogens is 1. The highest BCUT2D eigenvalue weighted by Crippen LogP contribution is 2.43. The summed E-state index contributed by atoms with van der Waals surface area (Å²) >= 11 is 3.44. The van der Waals surface area contributed by atoms with Crippen molar-refractivity contribution in [2.45, 2.75) is 12.5 Å². The second-order valence-electron chi connectivity index (χ2n) is 5.61. The molecule has 4 nitrogen and oxygen atoms in total. The Morgan fingerprint density at radius 1 is 1.14 bits per heavy atom. The van der Waals surface area contributed by atoms with Crippen molar-refractivity contribution in [3.05, 3.63) is 63.8 Å². The molecule has 0 radical (unpaired) electrons. The highest BCUT2D eigenvalue weighted by atomic mass is 79.9. The lowest BCUT2D eigenvalue weighted by molar-refractivity contribution is -0.129. The van der Waals surface area contributed by atoms with E-state index in [0.29, 0.717) is 16.8 Å². The topological polar surface area (TPSA) is 65.1 Å². The lowest BCUT2D eigenvalue weighted by Crippen LogP contribution is -2.35. The summed E-state index contributed by atoms with van der Waals surface area (Å²) in [6.45, 7) is 1.95. The van der Waals surface area contributed by atoms with Crippen LogP contribution in [0.1, 0.15) is 16.7 Å². The Morgan fingerprint density at radius 3 is 2.77 bits per heavy atom. The van der Waals surface area contributed by atoms with E-state index in [1.807, 2.05) is 37.3 Å². The van der Waals surface area contributed by atoms with Crippen LogP contribution >= 0.6 is 15.9 Å². The van der Waals surface area contributed by atoms with Crippen molar-refractivity contribution < 1.29 is 9.90 Å². The van der Waals surface area contributed by atoms with Crippen LogP contribution in [0.15, 0.2) is 47.1 Å². The number of nitrogens with one attached hydrogen (secondary N) is 2. The van der Waals surface area contributed by atoms with Gasteiger partial charge in [0.2, 0.25) is 0 Å². The quantitative estimate of drug-likeness (QED) is 0.625. The van der Waals surface area contributed by atoms with Crippen LogP contribution in [0.4, 0.5) is 5.69 Å². The standard InChI is InChI=1S/C17H13BrN2O2/c1-9-2-4-12-15(6-9)20-16(21)17(12,22)13-8-19-14-5-3-10(18)7-11(13)14/h2-8,19,22H,1H3,(H,20,21). The highest BCUT2D eigenvalue weighted by molar-refractivity contribution is 9.10. The van der Waals surface area contributed by atoms with Crippen LogP contribution < -0.4 is 5.32 Å². The van der Waals surface area contributed by atoms with Gasteiger partial charge in [-0.1, -0.05) is 28.1 Å². The zero-order valence-corrected chi connectivity index (χ0v) is 13.4. The van der Waals surface area contributed by atoms with Gasteiger partial charge in [-0.2, -0.15) is 0 Å². The zero-order valence-electron chi connectivity index (χ0n) is 11.8. The van der Waals surface area contributed by atoms with Crippen molar-refractivity contribution in [2.24, 2.45) is 0 Å². The van der Waals surface area contributed by atoms with E-state index < -0.39 is 11.5 Å². The van der Waals surface area contributed by atoms with E-state index in [0.717, 1.165) is 20.9 Å². The molecular formula is C17H13BrN2O2. The van der Waals surface area contributed by atoms with Gasteiger partial charge in [0.25, 0.3) is 5.91 Å². The van der Waals surface area contributed by atoms with Gasteiger partial charge in [-0.3, -0.25) is 4.79 Å². The van der Waals surface area contributed by atoms with Gasteiger partial charge in [-0.15, -0.1) is 0 Å². The molecule has 110 valence electrons. The summed E-state index contributed by atoms with van der Waals surface area (Å²) in [5, 5.41) is 14.8. The molecule has 5 heteroatoms.